The number of unbranched alkanes of at least 4 members (excludes halogenated alkanes) is 1. The van der Waals surface area contributed by atoms with Gasteiger partial charge in [0.25, 0.3) is 0 Å². The van der Waals surface area contributed by atoms with E-state index < -0.39 is 9.84 Å². The first-order valence-electron chi connectivity index (χ1n) is 5.36. The zero-order valence-electron chi connectivity index (χ0n) is 9.11. The van der Waals surface area contributed by atoms with Crippen LogP contribution in [0.15, 0.2) is 11.5 Å². The summed E-state index contributed by atoms with van der Waals surface area (Å²) >= 11 is 0. The van der Waals surface area contributed by atoms with Crippen LogP contribution >= 0.6 is 0 Å². The van der Waals surface area contributed by atoms with Crippen LogP contribution in [0.3, 0.4) is 0 Å². The van der Waals surface area contributed by atoms with E-state index in [1.54, 1.807) is 6.08 Å². The van der Waals surface area contributed by atoms with Crippen molar-refractivity contribution < 1.29 is 13.2 Å². The average Bonchev–Trinajstić information content (AvgIpc) is 2.52. The van der Waals surface area contributed by atoms with Gasteiger partial charge in [0.15, 0.2) is 9.84 Å². The molecule has 0 aromatic heterocycles. The predicted octanol–water partition coefficient (Wildman–Crippen LogP) is 0.703. The molecule has 88 valence electrons. The lowest BCUT2D eigenvalue weighted by Gasteiger charge is -2.09. The number of ether oxygens (including phenoxy) is 1. The molecule has 5 heteroatoms. The summed E-state index contributed by atoms with van der Waals surface area (Å²) in [6.07, 6.45) is 3.91. The van der Waals surface area contributed by atoms with E-state index in [1.807, 2.05) is 0 Å². The van der Waals surface area contributed by atoms with Crippen molar-refractivity contribution in [3.8, 4) is 0 Å². The van der Waals surface area contributed by atoms with Crippen molar-refractivity contribution in [1.29, 1.82) is 0 Å². The summed E-state index contributed by atoms with van der Waals surface area (Å²) in [5.74, 6) is 0.182. The monoisotopic (exact) mass is 233 g/mol. The van der Waals surface area contributed by atoms with Crippen LogP contribution in [0, 0.1) is 0 Å². The van der Waals surface area contributed by atoms with Gasteiger partial charge in [0, 0.05) is 24.6 Å². The summed E-state index contributed by atoms with van der Waals surface area (Å²) in [5, 5.41) is 4.40. The van der Waals surface area contributed by atoms with Crippen molar-refractivity contribution in [2.24, 2.45) is 0 Å². The van der Waals surface area contributed by atoms with Crippen molar-refractivity contribution in [3.05, 3.63) is 11.5 Å². The first-order valence-corrected chi connectivity index (χ1v) is 7.07. The summed E-state index contributed by atoms with van der Waals surface area (Å²) in [5.41, 5.74) is 0. The molecule has 15 heavy (non-hydrogen) atoms. The highest BCUT2D eigenvalue weighted by atomic mass is 32.2. The molecule has 0 saturated heterocycles. The van der Waals surface area contributed by atoms with Crippen molar-refractivity contribution in [3.63, 3.8) is 0 Å². The highest BCUT2D eigenvalue weighted by Gasteiger charge is 2.20. The molecule has 0 fully saturated rings. The summed E-state index contributed by atoms with van der Waals surface area (Å²) in [7, 11) is -2.93. The van der Waals surface area contributed by atoms with Gasteiger partial charge < -0.3 is 10.1 Å². The van der Waals surface area contributed by atoms with Crippen LogP contribution in [-0.2, 0) is 14.6 Å². The molecule has 1 N–H and O–H groups in total. The standard InChI is InChI=1S/C10H19NO3S/c1-2-3-6-14-7-5-11-10-4-8-15(12,13)9-10/h4,8,10-11H,2-3,5-7,9H2,1H3. The maximum absolute atomic E-state index is 11.1. The Kier molecular flexibility index (Phi) is 5.28. The van der Waals surface area contributed by atoms with Gasteiger partial charge in [0.05, 0.1) is 12.4 Å². The Morgan fingerprint density at radius 2 is 2.27 bits per heavy atom. The van der Waals surface area contributed by atoms with Gasteiger partial charge in [0.2, 0.25) is 0 Å². The third-order valence-corrected chi connectivity index (χ3v) is 3.62. The van der Waals surface area contributed by atoms with Gasteiger partial charge in [0.1, 0.15) is 0 Å². The highest BCUT2D eigenvalue weighted by molar-refractivity contribution is 7.94. The predicted molar refractivity (Wildman–Crippen MR) is 60.4 cm³/mol. The molecule has 0 radical (unpaired) electrons. The smallest absolute Gasteiger partial charge is 0.173 e. The van der Waals surface area contributed by atoms with Crippen LogP contribution in [0.1, 0.15) is 19.8 Å². The van der Waals surface area contributed by atoms with Crippen molar-refractivity contribution in [1.82, 2.24) is 5.32 Å². The van der Waals surface area contributed by atoms with Crippen LogP contribution < -0.4 is 5.32 Å². The second-order valence-corrected chi connectivity index (χ2v) is 5.62. The molecule has 0 amide bonds. The Labute approximate surface area is 91.6 Å². The minimum atomic E-state index is -2.93. The number of sulfone groups is 1. The van der Waals surface area contributed by atoms with Gasteiger partial charge in [-0.25, -0.2) is 8.42 Å². The van der Waals surface area contributed by atoms with Gasteiger partial charge in [-0.05, 0) is 6.42 Å². The van der Waals surface area contributed by atoms with E-state index in [1.165, 1.54) is 5.41 Å². The Balaban J connectivity index is 2.00. The molecule has 0 saturated carbocycles. The quantitative estimate of drug-likeness (QED) is 0.658. The molecule has 1 atom stereocenters. The number of hydrogen-bond acceptors (Lipinski definition) is 4. The second kappa shape index (κ2) is 6.25. The van der Waals surface area contributed by atoms with Crippen molar-refractivity contribution in [2.75, 3.05) is 25.5 Å². The third-order valence-electron chi connectivity index (χ3n) is 2.23. The SMILES string of the molecule is CCCCOCCNC1C=CS(=O)(=O)C1. The van der Waals surface area contributed by atoms with Crippen LogP contribution in [0.4, 0.5) is 0 Å². The van der Waals surface area contributed by atoms with Crippen molar-refractivity contribution >= 4 is 9.84 Å². The van der Waals surface area contributed by atoms with E-state index >= 15 is 0 Å². The molecule has 1 rings (SSSR count). The molecule has 0 bridgehead atoms. The molecule has 4 nitrogen and oxygen atoms in total. The van der Waals surface area contributed by atoms with Gasteiger partial charge in [-0.3, -0.25) is 0 Å². The van der Waals surface area contributed by atoms with E-state index in [2.05, 4.69) is 12.2 Å². The number of hydrogen-bond donors (Lipinski definition) is 1. The summed E-state index contributed by atoms with van der Waals surface area (Å²) in [6.45, 7) is 4.26. The maximum Gasteiger partial charge on any atom is 0.173 e. The average molecular weight is 233 g/mol. The normalized spacial score (nSPS) is 23.4. The molecule has 1 aliphatic heterocycles. The van der Waals surface area contributed by atoms with Crippen LogP contribution in [-0.4, -0.2) is 40.0 Å². The lowest BCUT2D eigenvalue weighted by atomic mass is 10.3. The van der Waals surface area contributed by atoms with Crippen molar-refractivity contribution in [2.45, 2.75) is 25.8 Å². The molecule has 0 aliphatic carbocycles. The minimum Gasteiger partial charge on any atom is -0.380 e. The summed E-state index contributed by atoms with van der Waals surface area (Å²) in [4.78, 5) is 0. The highest BCUT2D eigenvalue weighted by Crippen LogP contribution is 2.07. The van der Waals surface area contributed by atoms with E-state index in [-0.39, 0.29) is 11.8 Å². The van der Waals surface area contributed by atoms with Crippen LogP contribution in [0.2, 0.25) is 0 Å². The Hall–Kier alpha value is -0.390. The Morgan fingerprint density at radius 1 is 1.47 bits per heavy atom. The molecular weight excluding hydrogens is 214 g/mol. The van der Waals surface area contributed by atoms with Gasteiger partial charge in [-0.2, -0.15) is 0 Å². The van der Waals surface area contributed by atoms with Gasteiger partial charge in [-0.15, -0.1) is 0 Å². The molecule has 1 aliphatic rings. The zero-order chi connectivity index (χ0) is 11.1. The topological polar surface area (TPSA) is 55.4 Å². The molecule has 1 unspecified atom stereocenters. The largest absolute Gasteiger partial charge is 0.380 e. The van der Waals surface area contributed by atoms with Crippen LogP contribution in [0.5, 0.6) is 0 Å². The second-order valence-electron chi connectivity index (χ2n) is 3.68. The lowest BCUT2D eigenvalue weighted by Crippen LogP contribution is -2.32. The summed E-state index contributed by atoms with van der Waals surface area (Å²) in [6, 6.07) is -0.0372. The van der Waals surface area contributed by atoms with Gasteiger partial charge in [-0.1, -0.05) is 19.4 Å². The third kappa shape index (κ3) is 5.30. The first-order chi connectivity index (χ1) is 7.14. The van der Waals surface area contributed by atoms with E-state index in [0.717, 1.165) is 19.4 Å². The fourth-order valence-electron chi connectivity index (χ4n) is 1.37. The molecule has 0 aromatic rings. The Morgan fingerprint density at radius 3 is 2.87 bits per heavy atom. The number of nitrogens with one attached hydrogen (secondary N) is 1. The van der Waals surface area contributed by atoms with Crippen LogP contribution in [0.25, 0.3) is 0 Å². The first kappa shape index (κ1) is 12.7. The number of rotatable bonds is 7. The van der Waals surface area contributed by atoms with E-state index in [4.69, 9.17) is 4.74 Å². The van der Waals surface area contributed by atoms with E-state index in [9.17, 15) is 8.42 Å². The molecular formula is C10H19NO3S. The lowest BCUT2D eigenvalue weighted by molar-refractivity contribution is 0.132. The fraction of sp³-hybridized carbons (Fsp3) is 0.800. The zero-order valence-corrected chi connectivity index (χ0v) is 9.92. The van der Waals surface area contributed by atoms with E-state index in [0.29, 0.717) is 13.2 Å². The molecule has 0 spiro atoms. The maximum atomic E-state index is 11.1. The Bertz CT molecular complexity index is 298. The summed E-state index contributed by atoms with van der Waals surface area (Å²) < 4.78 is 27.5. The minimum absolute atomic E-state index is 0.0372. The molecule has 0 aromatic carbocycles. The molecule has 1 heterocycles. The fourth-order valence-corrected chi connectivity index (χ4v) is 2.64. The van der Waals surface area contributed by atoms with Gasteiger partial charge >= 0.3 is 0 Å².